The van der Waals surface area contributed by atoms with Gasteiger partial charge in [0, 0.05) is 24.6 Å². The number of anilines is 1. The number of carbonyl (C=O) groups excluding carboxylic acids is 1. The van der Waals surface area contributed by atoms with Gasteiger partial charge in [-0.1, -0.05) is 30.3 Å². The maximum absolute atomic E-state index is 12.7. The van der Waals surface area contributed by atoms with E-state index in [1.807, 2.05) is 42.5 Å². The Hall–Kier alpha value is -1.95. The van der Waals surface area contributed by atoms with Gasteiger partial charge in [-0.05, 0) is 22.9 Å². The molecule has 110 valence electrons. The summed E-state index contributed by atoms with van der Waals surface area (Å²) in [6.07, 6.45) is 0.0655. The van der Waals surface area contributed by atoms with Crippen LogP contribution in [0.1, 0.15) is 6.42 Å². The number of carbonyl (C=O) groups is 1. The van der Waals surface area contributed by atoms with Crippen molar-refractivity contribution in [2.75, 3.05) is 17.2 Å². The SMILES string of the molecule is O=C1CC(CS(=O)(=O)F)CN1c1ccc2ccccc2c1. The lowest BCUT2D eigenvalue weighted by Gasteiger charge is -2.17. The van der Waals surface area contributed by atoms with E-state index >= 15 is 0 Å². The normalized spacial score (nSPS) is 19.4. The number of nitrogens with zero attached hydrogens (tertiary/aromatic N) is 1. The molecule has 1 atom stereocenters. The number of amides is 1. The van der Waals surface area contributed by atoms with Crippen LogP contribution in [0.15, 0.2) is 42.5 Å². The minimum Gasteiger partial charge on any atom is -0.312 e. The minimum atomic E-state index is -4.55. The second kappa shape index (κ2) is 5.11. The van der Waals surface area contributed by atoms with Crippen molar-refractivity contribution in [1.29, 1.82) is 0 Å². The fraction of sp³-hybridized carbons (Fsp3) is 0.267. The molecular weight excluding hydrogens is 293 g/mol. The van der Waals surface area contributed by atoms with Gasteiger partial charge in [0.1, 0.15) is 0 Å². The molecule has 2 aromatic carbocycles. The zero-order valence-electron chi connectivity index (χ0n) is 11.2. The summed E-state index contributed by atoms with van der Waals surface area (Å²) < 4.78 is 34.2. The first kappa shape index (κ1) is 14.0. The summed E-state index contributed by atoms with van der Waals surface area (Å²) in [6.45, 7) is 0.236. The van der Waals surface area contributed by atoms with E-state index in [0.29, 0.717) is 0 Å². The maximum atomic E-state index is 12.7. The fourth-order valence-electron chi connectivity index (χ4n) is 2.77. The molecule has 1 heterocycles. The molecular formula is C15H14FNO3S. The van der Waals surface area contributed by atoms with E-state index in [1.54, 1.807) is 0 Å². The van der Waals surface area contributed by atoms with Gasteiger partial charge in [0.25, 0.3) is 0 Å². The molecule has 2 aromatic rings. The van der Waals surface area contributed by atoms with Crippen LogP contribution in [0.2, 0.25) is 0 Å². The first-order valence-corrected chi connectivity index (χ1v) is 8.19. The number of halogens is 1. The van der Waals surface area contributed by atoms with E-state index in [-0.39, 0.29) is 18.9 Å². The third kappa shape index (κ3) is 3.05. The van der Waals surface area contributed by atoms with Gasteiger partial charge >= 0.3 is 10.2 Å². The van der Waals surface area contributed by atoms with E-state index in [9.17, 15) is 17.1 Å². The predicted octanol–water partition coefficient (Wildman–Crippen LogP) is 2.49. The summed E-state index contributed by atoms with van der Waals surface area (Å²) >= 11 is 0. The Kier molecular flexibility index (Phi) is 3.41. The molecule has 0 saturated carbocycles. The Labute approximate surface area is 122 Å². The summed E-state index contributed by atoms with van der Waals surface area (Å²) in [5, 5.41) is 2.07. The molecule has 0 aliphatic carbocycles. The second-order valence-corrected chi connectivity index (χ2v) is 6.72. The zero-order chi connectivity index (χ0) is 15.0. The number of rotatable bonds is 3. The first-order chi connectivity index (χ1) is 9.92. The van der Waals surface area contributed by atoms with Crippen LogP contribution in [0.4, 0.5) is 9.57 Å². The maximum Gasteiger partial charge on any atom is 0.302 e. The Morgan fingerprint density at radius 3 is 2.57 bits per heavy atom. The van der Waals surface area contributed by atoms with Crippen molar-refractivity contribution >= 4 is 32.6 Å². The Balaban J connectivity index is 1.87. The summed E-state index contributed by atoms with van der Waals surface area (Å²) in [7, 11) is -4.55. The predicted molar refractivity (Wildman–Crippen MR) is 79.3 cm³/mol. The summed E-state index contributed by atoms with van der Waals surface area (Å²) in [5.41, 5.74) is 0.720. The highest BCUT2D eigenvalue weighted by Crippen LogP contribution is 2.28. The van der Waals surface area contributed by atoms with Gasteiger partial charge in [-0.3, -0.25) is 4.79 Å². The van der Waals surface area contributed by atoms with E-state index in [2.05, 4.69) is 0 Å². The topological polar surface area (TPSA) is 54.5 Å². The summed E-state index contributed by atoms with van der Waals surface area (Å²) in [5.74, 6) is -1.25. The van der Waals surface area contributed by atoms with E-state index in [4.69, 9.17) is 0 Å². The van der Waals surface area contributed by atoms with Gasteiger partial charge in [0.2, 0.25) is 5.91 Å². The molecule has 0 aromatic heterocycles. The molecule has 0 N–H and O–H groups in total. The van der Waals surface area contributed by atoms with Crippen LogP contribution in [0, 0.1) is 5.92 Å². The number of hydrogen-bond donors (Lipinski definition) is 0. The first-order valence-electron chi connectivity index (χ1n) is 6.64. The lowest BCUT2D eigenvalue weighted by molar-refractivity contribution is -0.117. The molecule has 1 aliphatic rings. The minimum absolute atomic E-state index is 0.0655. The van der Waals surface area contributed by atoms with Crippen molar-refractivity contribution in [3.05, 3.63) is 42.5 Å². The largest absolute Gasteiger partial charge is 0.312 e. The highest BCUT2D eigenvalue weighted by Gasteiger charge is 2.33. The molecule has 1 aliphatic heterocycles. The number of fused-ring (bicyclic) bond motifs is 1. The smallest absolute Gasteiger partial charge is 0.302 e. The Morgan fingerprint density at radius 1 is 1.14 bits per heavy atom. The quantitative estimate of drug-likeness (QED) is 0.819. The van der Waals surface area contributed by atoms with E-state index < -0.39 is 21.9 Å². The van der Waals surface area contributed by atoms with E-state index in [1.165, 1.54) is 4.90 Å². The van der Waals surface area contributed by atoms with Gasteiger partial charge in [0.15, 0.2) is 0 Å². The molecule has 3 rings (SSSR count). The second-order valence-electron chi connectivity index (χ2n) is 5.31. The van der Waals surface area contributed by atoms with Crippen LogP contribution in [-0.4, -0.2) is 26.6 Å². The van der Waals surface area contributed by atoms with Crippen molar-refractivity contribution < 1.29 is 17.1 Å². The van der Waals surface area contributed by atoms with Crippen molar-refractivity contribution in [2.45, 2.75) is 6.42 Å². The molecule has 1 saturated heterocycles. The Morgan fingerprint density at radius 2 is 1.86 bits per heavy atom. The fourth-order valence-corrected chi connectivity index (χ4v) is 3.56. The van der Waals surface area contributed by atoms with Crippen molar-refractivity contribution in [3.63, 3.8) is 0 Å². The monoisotopic (exact) mass is 307 g/mol. The van der Waals surface area contributed by atoms with Crippen LogP contribution in [-0.2, 0) is 15.0 Å². The molecule has 21 heavy (non-hydrogen) atoms. The number of hydrogen-bond acceptors (Lipinski definition) is 3. The van der Waals surface area contributed by atoms with Crippen LogP contribution in [0.25, 0.3) is 10.8 Å². The lowest BCUT2D eigenvalue weighted by Crippen LogP contribution is -2.25. The average Bonchev–Trinajstić information content (AvgIpc) is 2.76. The van der Waals surface area contributed by atoms with Gasteiger partial charge in [0.05, 0.1) is 5.75 Å². The van der Waals surface area contributed by atoms with Crippen LogP contribution < -0.4 is 4.90 Å². The van der Waals surface area contributed by atoms with Crippen molar-refractivity contribution in [3.8, 4) is 0 Å². The molecule has 6 heteroatoms. The Bertz CT molecular complexity index is 803. The summed E-state index contributed by atoms with van der Waals surface area (Å²) in [4.78, 5) is 13.5. The van der Waals surface area contributed by atoms with Crippen LogP contribution in [0.5, 0.6) is 0 Å². The summed E-state index contributed by atoms with van der Waals surface area (Å²) in [6, 6.07) is 13.4. The lowest BCUT2D eigenvalue weighted by atomic mass is 10.1. The van der Waals surface area contributed by atoms with Crippen LogP contribution in [0.3, 0.4) is 0 Å². The van der Waals surface area contributed by atoms with Crippen LogP contribution >= 0.6 is 0 Å². The van der Waals surface area contributed by atoms with Gasteiger partial charge in [-0.2, -0.15) is 8.42 Å². The zero-order valence-corrected chi connectivity index (χ0v) is 12.0. The van der Waals surface area contributed by atoms with Gasteiger partial charge in [-0.25, -0.2) is 0 Å². The van der Waals surface area contributed by atoms with Crippen molar-refractivity contribution in [2.24, 2.45) is 5.92 Å². The molecule has 0 spiro atoms. The molecule has 1 unspecified atom stereocenters. The molecule has 4 nitrogen and oxygen atoms in total. The van der Waals surface area contributed by atoms with Gasteiger partial charge in [-0.15, -0.1) is 3.89 Å². The molecule has 0 bridgehead atoms. The molecule has 1 amide bonds. The third-order valence-electron chi connectivity index (χ3n) is 3.68. The van der Waals surface area contributed by atoms with E-state index in [0.717, 1.165) is 16.5 Å². The highest BCUT2D eigenvalue weighted by atomic mass is 32.3. The number of benzene rings is 2. The molecule has 0 radical (unpaired) electrons. The average molecular weight is 307 g/mol. The van der Waals surface area contributed by atoms with Gasteiger partial charge < -0.3 is 4.90 Å². The standard InChI is InChI=1S/C15H14FNO3S/c16-21(19,20)10-11-7-15(18)17(9-11)14-6-5-12-3-1-2-4-13(12)8-14/h1-6,8,11H,7,9-10H2. The third-order valence-corrected chi connectivity index (χ3v) is 4.55. The highest BCUT2D eigenvalue weighted by molar-refractivity contribution is 7.86. The van der Waals surface area contributed by atoms with Crippen molar-refractivity contribution in [1.82, 2.24) is 0 Å². The molecule has 1 fully saturated rings.